The molecule has 0 aliphatic carbocycles. The van der Waals surface area contributed by atoms with Crippen LogP contribution in [-0.4, -0.2) is 31.8 Å². The Bertz CT molecular complexity index is 1060. The molecule has 3 aromatic heterocycles. The van der Waals surface area contributed by atoms with Gasteiger partial charge < -0.3 is 10.1 Å². The van der Waals surface area contributed by atoms with E-state index < -0.39 is 0 Å². The van der Waals surface area contributed by atoms with Gasteiger partial charge in [-0.1, -0.05) is 18.2 Å². The van der Waals surface area contributed by atoms with Crippen LogP contribution in [0.15, 0.2) is 55.0 Å². The molecule has 1 aromatic carbocycles. The minimum absolute atomic E-state index is 0.253. The van der Waals surface area contributed by atoms with E-state index in [4.69, 9.17) is 4.74 Å². The molecule has 7 nitrogen and oxygen atoms in total. The quantitative estimate of drug-likeness (QED) is 0.596. The van der Waals surface area contributed by atoms with Crippen LogP contribution in [0.4, 0.5) is 16.0 Å². The fraction of sp³-hybridized carbons (Fsp3) is 0.111. The summed E-state index contributed by atoms with van der Waals surface area (Å²) in [6.07, 6.45) is 5.01. The zero-order valence-corrected chi connectivity index (χ0v) is 13.9. The number of pyridine rings is 1. The van der Waals surface area contributed by atoms with Gasteiger partial charge in [-0.25, -0.2) is 14.4 Å². The van der Waals surface area contributed by atoms with Gasteiger partial charge in [0, 0.05) is 29.4 Å². The number of halogens is 1. The Hall–Kier alpha value is -3.55. The summed E-state index contributed by atoms with van der Waals surface area (Å²) in [4.78, 5) is 12.5. The molecule has 8 heteroatoms. The third-order valence-electron chi connectivity index (χ3n) is 3.88. The topological polar surface area (TPSA) is 77.8 Å². The fourth-order valence-corrected chi connectivity index (χ4v) is 2.59. The van der Waals surface area contributed by atoms with Crippen LogP contribution < -0.4 is 10.1 Å². The van der Waals surface area contributed by atoms with Gasteiger partial charge in [-0.05, 0) is 12.1 Å². The molecule has 1 N–H and O–H groups in total. The van der Waals surface area contributed by atoms with Gasteiger partial charge >= 0.3 is 6.01 Å². The second kappa shape index (κ2) is 6.75. The molecule has 0 bridgehead atoms. The normalized spacial score (nSPS) is 10.8. The first-order chi connectivity index (χ1) is 12.7. The molecule has 0 radical (unpaired) electrons. The van der Waals surface area contributed by atoms with Crippen LogP contribution in [0.5, 0.6) is 6.01 Å². The van der Waals surface area contributed by atoms with Gasteiger partial charge in [0.15, 0.2) is 0 Å². The van der Waals surface area contributed by atoms with Crippen LogP contribution in [0, 0.1) is 5.82 Å². The first kappa shape index (κ1) is 15.9. The summed E-state index contributed by atoms with van der Waals surface area (Å²) in [5.41, 5.74) is 1.41. The fourth-order valence-electron chi connectivity index (χ4n) is 2.59. The highest BCUT2D eigenvalue weighted by atomic mass is 19.1. The molecule has 0 aliphatic rings. The molecule has 0 fully saturated rings. The van der Waals surface area contributed by atoms with Gasteiger partial charge in [0.05, 0.1) is 25.4 Å². The molecule has 4 rings (SSSR count). The highest BCUT2D eigenvalue weighted by Crippen LogP contribution is 2.21. The SMILES string of the molecule is COc1nccc(Nc2cc3c(cn2)cnn3Cc2ccccc2F)n1. The van der Waals surface area contributed by atoms with Crippen LogP contribution in [0.2, 0.25) is 0 Å². The van der Waals surface area contributed by atoms with Crippen molar-refractivity contribution in [2.45, 2.75) is 6.54 Å². The summed E-state index contributed by atoms with van der Waals surface area (Å²) < 4.78 is 20.7. The van der Waals surface area contributed by atoms with Crippen molar-refractivity contribution in [3.63, 3.8) is 0 Å². The highest BCUT2D eigenvalue weighted by Gasteiger charge is 2.09. The van der Waals surface area contributed by atoms with E-state index in [1.165, 1.54) is 13.2 Å². The smallest absolute Gasteiger partial charge is 0.318 e. The van der Waals surface area contributed by atoms with Crippen LogP contribution in [0.1, 0.15) is 5.56 Å². The van der Waals surface area contributed by atoms with E-state index in [-0.39, 0.29) is 11.8 Å². The standard InChI is InChI=1S/C18H15FN6O/c1-26-18-20-7-6-16(24-18)23-17-8-15-13(9-21-17)10-22-25(15)11-12-4-2-3-5-14(12)19/h2-10H,11H2,1H3,(H,20,21,23,24). The lowest BCUT2D eigenvalue weighted by atomic mass is 10.2. The molecule has 3 heterocycles. The minimum atomic E-state index is -0.253. The van der Waals surface area contributed by atoms with Crippen molar-refractivity contribution >= 4 is 22.5 Å². The largest absolute Gasteiger partial charge is 0.467 e. The van der Waals surface area contributed by atoms with E-state index in [9.17, 15) is 4.39 Å². The third-order valence-corrected chi connectivity index (χ3v) is 3.88. The second-order valence-electron chi connectivity index (χ2n) is 5.58. The number of nitrogens with zero attached hydrogens (tertiary/aromatic N) is 5. The molecular weight excluding hydrogens is 335 g/mol. The molecule has 0 saturated heterocycles. The Morgan fingerprint density at radius 1 is 1.12 bits per heavy atom. The van der Waals surface area contributed by atoms with Gasteiger partial charge in [-0.3, -0.25) is 4.68 Å². The molecule has 0 saturated carbocycles. The lowest BCUT2D eigenvalue weighted by molar-refractivity contribution is 0.380. The number of nitrogens with one attached hydrogen (secondary N) is 1. The van der Waals surface area contributed by atoms with E-state index in [1.54, 1.807) is 47.5 Å². The molecular formula is C18H15FN6O. The van der Waals surface area contributed by atoms with Gasteiger partial charge in [0.1, 0.15) is 17.5 Å². The van der Waals surface area contributed by atoms with Crippen LogP contribution in [0.3, 0.4) is 0 Å². The van der Waals surface area contributed by atoms with E-state index in [2.05, 4.69) is 25.4 Å². The zero-order valence-electron chi connectivity index (χ0n) is 13.9. The van der Waals surface area contributed by atoms with Crippen molar-refractivity contribution in [1.29, 1.82) is 0 Å². The Kier molecular flexibility index (Phi) is 4.14. The first-order valence-electron chi connectivity index (χ1n) is 7.92. The summed E-state index contributed by atoms with van der Waals surface area (Å²) in [5, 5.41) is 8.32. The number of ether oxygens (including phenoxy) is 1. The summed E-state index contributed by atoms with van der Waals surface area (Å²) in [5.74, 6) is 0.897. The Morgan fingerprint density at radius 3 is 2.85 bits per heavy atom. The van der Waals surface area contributed by atoms with Gasteiger partial charge in [-0.15, -0.1) is 0 Å². The Labute approximate surface area is 148 Å². The zero-order chi connectivity index (χ0) is 17.9. The number of hydrogen-bond donors (Lipinski definition) is 1. The highest BCUT2D eigenvalue weighted by molar-refractivity contribution is 5.80. The van der Waals surface area contributed by atoms with E-state index in [0.29, 0.717) is 23.7 Å². The molecule has 130 valence electrons. The average Bonchev–Trinajstić information content (AvgIpc) is 3.06. The van der Waals surface area contributed by atoms with E-state index >= 15 is 0 Å². The number of fused-ring (bicyclic) bond motifs is 1. The van der Waals surface area contributed by atoms with Gasteiger partial charge in [-0.2, -0.15) is 10.1 Å². The van der Waals surface area contributed by atoms with Crippen molar-refractivity contribution in [3.05, 3.63) is 66.4 Å². The van der Waals surface area contributed by atoms with Gasteiger partial charge in [0.25, 0.3) is 0 Å². The summed E-state index contributed by atoms with van der Waals surface area (Å²) in [7, 11) is 1.50. The van der Waals surface area contributed by atoms with Crippen molar-refractivity contribution in [2.75, 3.05) is 12.4 Å². The number of benzene rings is 1. The Morgan fingerprint density at radius 2 is 2.00 bits per heavy atom. The molecule has 0 unspecified atom stereocenters. The number of anilines is 2. The van der Waals surface area contributed by atoms with Crippen LogP contribution >= 0.6 is 0 Å². The number of hydrogen-bond acceptors (Lipinski definition) is 6. The molecule has 0 amide bonds. The van der Waals surface area contributed by atoms with Crippen LogP contribution in [-0.2, 0) is 6.54 Å². The molecule has 4 aromatic rings. The second-order valence-corrected chi connectivity index (χ2v) is 5.58. The number of rotatable bonds is 5. The summed E-state index contributed by atoms with van der Waals surface area (Å²) >= 11 is 0. The summed E-state index contributed by atoms with van der Waals surface area (Å²) in [6, 6.07) is 10.5. The lowest BCUT2D eigenvalue weighted by Crippen LogP contribution is -2.04. The summed E-state index contributed by atoms with van der Waals surface area (Å²) in [6.45, 7) is 0.334. The molecule has 0 spiro atoms. The molecule has 0 atom stereocenters. The average molecular weight is 350 g/mol. The predicted octanol–water partition coefficient (Wildman–Crippen LogP) is 3.16. The predicted molar refractivity (Wildman–Crippen MR) is 94.9 cm³/mol. The van der Waals surface area contributed by atoms with Crippen molar-refractivity contribution in [3.8, 4) is 6.01 Å². The Balaban J connectivity index is 1.65. The van der Waals surface area contributed by atoms with E-state index in [1.807, 2.05) is 6.07 Å². The lowest BCUT2D eigenvalue weighted by Gasteiger charge is -2.08. The molecule has 0 aliphatic heterocycles. The number of aromatic nitrogens is 5. The number of methoxy groups -OCH3 is 1. The third kappa shape index (κ3) is 3.16. The van der Waals surface area contributed by atoms with Crippen molar-refractivity contribution in [1.82, 2.24) is 24.7 Å². The first-order valence-corrected chi connectivity index (χ1v) is 7.92. The van der Waals surface area contributed by atoms with Crippen molar-refractivity contribution in [2.24, 2.45) is 0 Å². The maximum Gasteiger partial charge on any atom is 0.318 e. The minimum Gasteiger partial charge on any atom is -0.467 e. The van der Waals surface area contributed by atoms with Crippen LogP contribution in [0.25, 0.3) is 10.9 Å². The maximum atomic E-state index is 13.9. The van der Waals surface area contributed by atoms with Gasteiger partial charge in [0.2, 0.25) is 0 Å². The monoisotopic (exact) mass is 350 g/mol. The maximum absolute atomic E-state index is 13.9. The molecule has 26 heavy (non-hydrogen) atoms. The van der Waals surface area contributed by atoms with Crippen molar-refractivity contribution < 1.29 is 9.13 Å². The van der Waals surface area contributed by atoms with E-state index in [0.717, 1.165) is 10.9 Å².